The van der Waals surface area contributed by atoms with Crippen molar-refractivity contribution < 1.29 is 14.3 Å². The van der Waals surface area contributed by atoms with Gasteiger partial charge in [0.25, 0.3) is 0 Å². The molecule has 2 atom stereocenters. The minimum atomic E-state index is -0.153. The number of carbonyl (C=O) groups excluding carboxylic acids is 1. The van der Waals surface area contributed by atoms with E-state index in [2.05, 4.69) is 4.90 Å². The molecule has 2 rings (SSSR count). The maximum atomic E-state index is 12.3. The van der Waals surface area contributed by atoms with Crippen LogP contribution in [0.15, 0.2) is 0 Å². The lowest BCUT2D eigenvalue weighted by molar-refractivity contribution is -0.156. The standard InChI is InChI=1S/C17H31NO3/c1-3-20-17(21-4-2)13-18-12-8-7-10-15(18)14-9-5-6-11-16(14)19/h14-15,17H,3-13H2,1-2H3. The second-order valence-electron chi connectivity index (χ2n) is 6.22. The third-order valence-electron chi connectivity index (χ3n) is 4.82. The fourth-order valence-corrected chi connectivity index (χ4v) is 3.83. The molecule has 2 fully saturated rings. The van der Waals surface area contributed by atoms with Crippen LogP contribution in [-0.4, -0.2) is 49.3 Å². The fourth-order valence-electron chi connectivity index (χ4n) is 3.83. The molecule has 1 saturated heterocycles. The Balaban J connectivity index is 1.98. The van der Waals surface area contributed by atoms with Crippen molar-refractivity contribution in [2.75, 3.05) is 26.3 Å². The third kappa shape index (κ3) is 4.76. The molecule has 1 aliphatic carbocycles. The van der Waals surface area contributed by atoms with Crippen LogP contribution < -0.4 is 0 Å². The van der Waals surface area contributed by atoms with Gasteiger partial charge in [0.1, 0.15) is 5.78 Å². The number of piperidine rings is 1. The van der Waals surface area contributed by atoms with Crippen LogP contribution in [0, 0.1) is 5.92 Å². The van der Waals surface area contributed by atoms with E-state index in [9.17, 15) is 4.79 Å². The van der Waals surface area contributed by atoms with Gasteiger partial charge in [0.05, 0.1) is 0 Å². The Morgan fingerprint density at radius 3 is 2.48 bits per heavy atom. The van der Waals surface area contributed by atoms with Crippen LogP contribution in [0.3, 0.4) is 0 Å². The van der Waals surface area contributed by atoms with Crippen LogP contribution in [0.1, 0.15) is 58.8 Å². The van der Waals surface area contributed by atoms with E-state index in [0.29, 0.717) is 25.0 Å². The van der Waals surface area contributed by atoms with E-state index < -0.39 is 0 Å². The van der Waals surface area contributed by atoms with Crippen molar-refractivity contribution >= 4 is 5.78 Å². The van der Waals surface area contributed by atoms with Gasteiger partial charge in [-0.05, 0) is 46.1 Å². The lowest BCUT2D eigenvalue weighted by atomic mass is 9.79. The third-order valence-corrected chi connectivity index (χ3v) is 4.82. The van der Waals surface area contributed by atoms with Crippen molar-refractivity contribution in [1.29, 1.82) is 0 Å². The molecular weight excluding hydrogens is 266 g/mol. The number of likely N-dealkylation sites (tertiary alicyclic amines) is 1. The second-order valence-corrected chi connectivity index (χ2v) is 6.22. The van der Waals surface area contributed by atoms with E-state index in [1.807, 2.05) is 13.8 Å². The summed E-state index contributed by atoms with van der Waals surface area (Å²) >= 11 is 0. The molecule has 0 aromatic rings. The van der Waals surface area contributed by atoms with Gasteiger partial charge < -0.3 is 9.47 Å². The van der Waals surface area contributed by atoms with Gasteiger partial charge in [-0.1, -0.05) is 12.8 Å². The molecule has 4 heteroatoms. The van der Waals surface area contributed by atoms with Crippen molar-refractivity contribution in [2.45, 2.75) is 71.1 Å². The van der Waals surface area contributed by atoms with Crippen LogP contribution in [-0.2, 0) is 14.3 Å². The van der Waals surface area contributed by atoms with Gasteiger partial charge in [-0.15, -0.1) is 0 Å². The van der Waals surface area contributed by atoms with Crippen molar-refractivity contribution in [2.24, 2.45) is 5.92 Å². The Morgan fingerprint density at radius 2 is 1.81 bits per heavy atom. The number of ether oxygens (including phenoxy) is 2. The molecule has 21 heavy (non-hydrogen) atoms. The Hall–Kier alpha value is -0.450. The van der Waals surface area contributed by atoms with Crippen LogP contribution in [0.2, 0.25) is 0 Å². The molecule has 0 amide bonds. The van der Waals surface area contributed by atoms with Crippen LogP contribution in [0.5, 0.6) is 0 Å². The van der Waals surface area contributed by atoms with Crippen molar-refractivity contribution in [1.82, 2.24) is 4.90 Å². The molecule has 4 nitrogen and oxygen atoms in total. The number of nitrogens with zero attached hydrogens (tertiary/aromatic N) is 1. The second kappa shape index (κ2) is 8.86. The summed E-state index contributed by atoms with van der Waals surface area (Å²) in [6.45, 7) is 7.23. The van der Waals surface area contributed by atoms with E-state index in [4.69, 9.17) is 9.47 Å². The van der Waals surface area contributed by atoms with E-state index >= 15 is 0 Å². The van der Waals surface area contributed by atoms with Gasteiger partial charge in [0, 0.05) is 38.1 Å². The number of ketones is 1. The Kier molecular flexibility index (Phi) is 7.14. The highest BCUT2D eigenvalue weighted by molar-refractivity contribution is 5.82. The van der Waals surface area contributed by atoms with Gasteiger partial charge in [-0.25, -0.2) is 0 Å². The quantitative estimate of drug-likeness (QED) is 0.677. The van der Waals surface area contributed by atoms with Crippen molar-refractivity contribution in [3.05, 3.63) is 0 Å². The number of hydrogen-bond acceptors (Lipinski definition) is 4. The number of rotatable bonds is 7. The minimum absolute atomic E-state index is 0.153. The van der Waals surface area contributed by atoms with E-state index in [1.54, 1.807) is 0 Å². The van der Waals surface area contributed by atoms with E-state index in [-0.39, 0.29) is 12.2 Å². The van der Waals surface area contributed by atoms with Gasteiger partial charge in [0.15, 0.2) is 6.29 Å². The van der Waals surface area contributed by atoms with Gasteiger partial charge >= 0.3 is 0 Å². The molecule has 0 aromatic carbocycles. The lowest BCUT2D eigenvalue weighted by Gasteiger charge is -2.42. The monoisotopic (exact) mass is 297 g/mol. The molecule has 0 bridgehead atoms. The summed E-state index contributed by atoms with van der Waals surface area (Å²) in [4.78, 5) is 14.8. The van der Waals surface area contributed by atoms with E-state index in [0.717, 1.165) is 38.8 Å². The first-order chi connectivity index (χ1) is 10.3. The Morgan fingerprint density at radius 1 is 1.10 bits per heavy atom. The zero-order valence-corrected chi connectivity index (χ0v) is 13.7. The molecular formula is C17H31NO3. The Bertz CT molecular complexity index is 315. The number of Topliss-reactive ketones (excluding diaryl/α,β-unsaturated/α-hetero) is 1. The fraction of sp³-hybridized carbons (Fsp3) is 0.941. The lowest BCUT2D eigenvalue weighted by Crippen LogP contribution is -2.50. The smallest absolute Gasteiger partial charge is 0.170 e. The predicted octanol–water partition coefficient (Wildman–Crippen LogP) is 3.00. The SMILES string of the molecule is CCOC(CN1CCCCC1C1CCCCC1=O)OCC. The molecule has 0 N–H and O–H groups in total. The number of hydrogen-bond donors (Lipinski definition) is 0. The highest BCUT2D eigenvalue weighted by Crippen LogP contribution is 2.32. The summed E-state index contributed by atoms with van der Waals surface area (Å²) in [6.07, 6.45) is 7.63. The molecule has 122 valence electrons. The molecule has 2 aliphatic rings. The van der Waals surface area contributed by atoms with Crippen LogP contribution in [0.25, 0.3) is 0 Å². The molecule has 1 aliphatic heterocycles. The van der Waals surface area contributed by atoms with Crippen molar-refractivity contribution in [3.63, 3.8) is 0 Å². The normalized spacial score (nSPS) is 28.2. The molecule has 2 unspecified atom stereocenters. The average molecular weight is 297 g/mol. The highest BCUT2D eigenvalue weighted by atomic mass is 16.7. The van der Waals surface area contributed by atoms with Crippen molar-refractivity contribution in [3.8, 4) is 0 Å². The maximum Gasteiger partial charge on any atom is 0.170 e. The topological polar surface area (TPSA) is 38.8 Å². The van der Waals surface area contributed by atoms with Crippen LogP contribution in [0.4, 0.5) is 0 Å². The van der Waals surface area contributed by atoms with Gasteiger partial charge in [-0.3, -0.25) is 9.69 Å². The largest absolute Gasteiger partial charge is 0.352 e. The summed E-state index contributed by atoms with van der Waals surface area (Å²) in [5.41, 5.74) is 0. The maximum absolute atomic E-state index is 12.3. The molecule has 0 radical (unpaired) electrons. The van der Waals surface area contributed by atoms with E-state index in [1.165, 1.54) is 19.3 Å². The summed E-state index contributed by atoms with van der Waals surface area (Å²) in [5, 5.41) is 0. The molecule has 1 saturated carbocycles. The summed E-state index contributed by atoms with van der Waals surface area (Å²) in [5.74, 6) is 0.741. The van der Waals surface area contributed by atoms with Crippen LogP contribution >= 0.6 is 0 Å². The Labute approximate surface area is 129 Å². The predicted molar refractivity (Wildman–Crippen MR) is 83.2 cm³/mol. The summed E-state index contributed by atoms with van der Waals surface area (Å²) in [7, 11) is 0. The zero-order chi connectivity index (χ0) is 15.1. The molecule has 1 heterocycles. The average Bonchev–Trinajstić information content (AvgIpc) is 2.49. The first-order valence-electron chi connectivity index (χ1n) is 8.76. The highest BCUT2D eigenvalue weighted by Gasteiger charge is 2.36. The molecule has 0 spiro atoms. The summed E-state index contributed by atoms with van der Waals surface area (Å²) in [6, 6.07) is 0.412. The number of carbonyl (C=O) groups is 1. The first kappa shape index (κ1) is 16.9. The minimum Gasteiger partial charge on any atom is -0.352 e. The first-order valence-corrected chi connectivity index (χ1v) is 8.76. The van der Waals surface area contributed by atoms with Gasteiger partial charge in [0.2, 0.25) is 0 Å². The van der Waals surface area contributed by atoms with Gasteiger partial charge in [-0.2, -0.15) is 0 Å². The summed E-state index contributed by atoms with van der Waals surface area (Å²) < 4.78 is 11.4. The molecule has 0 aromatic heterocycles. The zero-order valence-electron chi connectivity index (χ0n) is 13.7.